The highest BCUT2D eigenvalue weighted by molar-refractivity contribution is 5.94. The molecule has 0 heterocycles. The first kappa shape index (κ1) is 19.2. The van der Waals surface area contributed by atoms with E-state index in [1.165, 1.54) is 25.3 Å². The fourth-order valence-electron chi connectivity index (χ4n) is 2.20. The Bertz CT molecular complexity index is 817. The van der Waals surface area contributed by atoms with E-state index in [0.29, 0.717) is 11.3 Å². The number of nitrogens with one attached hydrogen (secondary N) is 1. The molecule has 0 aromatic heterocycles. The van der Waals surface area contributed by atoms with E-state index in [9.17, 15) is 14.0 Å². The molecule has 0 bridgehead atoms. The Kier molecular flexibility index (Phi) is 6.91. The minimum absolute atomic E-state index is 0.119. The van der Waals surface area contributed by atoms with Crippen molar-refractivity contribution in [2.45, 2.75) is 13.3 Å². The van der Waals surface area contributed by atoms with Gasteiger partial charge in [-0.15, -0.1) is 0 Å². The number of anilines is 1. The van der Waals surface area contributed by atoms with E-state index >= 15 is 0 Å². The number of benzene rings is 2. The predicted octanol–water partition coefficient (Wildman–Crippen LogP) is 3.59. The summed E-state index contributed by atoms with van der Waals surface area (Å²) in [6.45, 7) is 1.61. The molecule has 0 aliphatic heterocycles. The highest BCUT2D eigenvalue weighted by Crippen LogP contribution is 2.18. The summed E-state index contributed by atoms with van der Waals surface area (Å²) in [6, 6.07) is 11.7. The molecular weight excluding hydrogens is 337 g/mol. The Balaban J connectivity index is 1.83. The van der Waals surface area contributed by atoms with Crippen LogP contribution in [0, 0.1) is 5.82 Å². The summed E-state index contributed by atoms with van der Waals surface area (Å²) < 4.78 is 23.3. The molecule has 2 aromatic carbocycles. The highest BCUT2D eigenvalue weighted by atomic mass is 19.1. The van der Waals surface area contributed by atoms with Gasteiger partial charge < -0.3 is 14.8 Å². The number of carbonyl (C=O) groups is 2. The molecule has 0 aliphatic rings. The van der Waals surface area contributed by atoms with Gasteiger partial charge in [0.1, 0.15) is 0 Å². The molecule has 0 atom stereocenters. The SMILES string of the molecule is CCc1cccc(NC(=O)COC(=O)/C=C/c2ccc(OC)c(F)c2)c1. The third-order valence-corrected chi connectivity index (χ3v) is 3.55. The molecule has 0 saturated carbocycles. The van der Waals surface area contributed by atoms with E-state index in [-0.39, 0.29) is 5.75 Å². The van der Waals surface area contributed by atoms with Crippen LogP contribution >= 0.6 is 0 Å². The first-order valence-corrected chi connectivity index (χ1v) is 8.09. The maximum Gasteiger partial charge on any atom is 0.331 e. The van der Waals surface area contributed by atoms with Crippen LogP contribution in [0.25, 0.3) is 6.08 Å². The van der Waals surface area contributed by atoms with Gasteiger partial charge in [-0.25, -0.2) is 9.18 Å². The van der Waals surface area contributed by atoms with Crippen LogP contribution in [0.2, 0.25) is 0 Å². The number of esters is 1. The van der Waals surface area contributed by atoms with Crippen LogP contribution in [0.15, 0.2) is 48.5 Å². The quantitative estimate of drug-likeness (QED) is 0.607. The Hall–Kier alpha value is -3.15. The molecule has 2 aromatic rings. The number of hydrogen-bond donors (Lipinski definition) is 1. The molecule has 0 saturated heterocycles. The summed E-state index contributed by atoms with van der Waals surface area (Å²) in [7, 11) is 1.37. The smallest absolute Gasteiger partial charge is 0.331 e. The van der Waals surface area contributed by atoms with Crippen LogP contribution in [0.4, 0.5) is 10.1 Å². The lowest BCUT2D eigenvalue weighted by Crippen LogP contribution is -2.20. The number of rotatable bonds is 7. The molecule has 1 N–H and O–H groups in total. The normalized spacial score (nSPS) is 10.6. The molecule has 5 nitrogen and oxygen atoms in total. The van der Waals surface area contributed by atoms with Crippen LogP contribution in [0.1, 0.15) is 18.1 Å². The summed E-state index contributed by atoms with van der Waals surface area (Å²) in [4.78, 5) is 23.5. The van der Waals surface area contributed by atoms with Crippen LogP contribution in [-0.2, 0) is 20.7 Å². The van der Waals surface area contributed by atoms with Gasteiger partial charge in [0.05, 0.1) is 7.11 Å². The van der Waals surface area contributed by atoms with Crippen molar-refractivity contribution >= 4 is 23.6 Å². The Labute approximate surface area is 151 Å². The topological polar surface area (TPSA) is 64.6 Å². The fourth-order valence-corrected chi connectivity index (χ4v) is 2.20. The number of carbonyl (C=O) groups excluding carboxylic acids is 2. The molecule has 6 heteroatoms. The second kappa shape index (κ2) is 9.36. The molecule has 1 amide bonds. The van der Waals surface area contributed by atoms with Crippen molar-refractivity contribution in [2.75, 3.05) is 19.0 Å². The molecule has 0 unspecified atom stereocenters. The van der Waals surface area contributed by atoms with Crippen molar-refractivity contribution in [3.8, 4) is 5.75 Å². The number of amides is 1. The molecule has 0 fully saturated rings. The Morgan fingerprint density at radius 3 is 2.69 bits per heavy atom. The first-order chi connectivity index (χ1) is 12.5. The fraction of sp³-hybridized carbons (Fsp3) is 0.200. The minimum Gasteiger partial charge on any atom is -0.494 e. The van der Waals surface area contributed by atoms with Crippen molar-refractivity contribution in [2.24, 2.45) is 0 Å². The molecule has 0 spiro atoms. The number of aryl methyl sites for hydroxylation is 1. The van der Waals surface area contributed by atoms with Crippen molar-refractivity contribution in [3.63, 3.8) is 0 Å². The van der Waals surface area contributed by atoms with Crippen LogP contribution in [0.5, 0.6) is 5.75 Å². The number of hydrogen-bond acceptors (Lipinski definition) is 4. The Morgan fingerprint density at radius 1 is 1.19 bits per heavy atom. The number of ether oxygens (including phenoxy) is 2. The van der Waals surface area contributed by atoms with Gasteiger partial charge in [0, 0.05) is 11.8 Å². The zero-order chi connectivity index (χ0) is 18.9. The second-order valence-electron chi connectivity index (χ2n) is 5.44. The minimum atomic E-state index is -0.696. The van der Waals surface area contributed by atoms with Gasteiger partial charge in [0.2, 0.25) is 0 Å². The van der Waals surface area contributed by atoms with Gasteiger partial charge in [-0.1, -0.05) is 25.1 Å². The van der Waals surface area contributed by atoms with Crippen molar-refractivity contribution < 1.29 is 23.5 Å². The van der Waals surface area contributed by atoms with E-state index in [2.05, 4.69) is 5.32 Å². The Morgan fingerprint density at radius 2 is 2.00 bits per heavy atom. The zero-order valence-corrected chi connectivity index (χ0v) is 14.6. The average molecular weight is 357 g/mol. The monoisotopic (exact) mass is 357 g/mol. The summed E-state index contributed by atoms with van der Waals surface area (Å²) >= 11 is 0. The lowest BCUT2D eigenvalue weighted by Gasteiger charge is -2.06. The molecule has 2 rings (SSSR count). The number of methoxy groups -OCH3 is 1. The summed E-state index contributed by atoms with van der Waals surface area (Å²) in [5.74, 6) is -1.54. The first-order valence-electron chi connectivity index (χ1n) is 8.09. The van der Waals surface area contributed by atoms with Crippen molar-refractivity contribution in [1.29, 1.82) is 0 Å². The van der Waals surface area contributed by atoms with Gasteiger partial charge in [0.25, 0.3) is 5.91 Å². The zero-order valence-electron chi connectivity index (χ0n) is 14.6. The molecule has 136 valence electrons. The van der Waals surface area contributed by atoms with E-state index in [1.807, 2.05) is 25.1 Å². The van der Waals surface area contributed by atoms with Crippen LogP contribution < -0.4 is 10.1 Å². The summed E-state index contributed by atoms with van der Waals surface area (Å²) in [5.41, 5.74) is 2.21. The van der Waals surface area contributed by atoms with E-state index in [1.54, 1.807) is 12.1 Å². The van der Waals surface area contributed by atoms with Gasteiger partial charge in [0.15, 0.2) is 18.2 Å². The molecule has 26 heavy (non-hydrogen) atoms. The average Bonchev–Trinajstić information content (AvgIpc) is 2.65. The van der Waals surface area contributed by atoms with E-state index in [0.717, 1.165) is 18.1 Å². The summed E-state index contributed by atoms with van der Waals surface area (Å²) in [6.07, 6.45) is 3.38. The molecular formula is C20H20FNO4. The predicted molar refractivity (Wildman–Crippen MR) is 97.4 cm³/mol. The van der Waals surface area contributed by atoms with Gasteiger partial charge in [-0.2, -0.15) is 0 Å². The maximum absolute atomic E-state index is 13.6. The second-order valence-corrected chi connectivity index (χ2v) is 5.44. The van der Waals surface area contributed by atoms with Crippen molar-refractivity contribution in [3.05, 3.63) is 65.5 Å². The molecule has 0 radical (unpaired) electrons. The lowest BCUT2D eigenvalue weighted by atomic mass is 10.1. The number of halogens is 1. The van der Waals surface area contributed by atoms with E-state index < -0.39 is 24.3 Å². The van der Waals surface area contributed by atoms with E-state index in [4.69, 9.17) is 9.47 Å². The van der Waals surface area contributed by atoms with Crippen LogP contribution in [-0.4, -0.2) is 25.6 Å². The lowest BCUT2D eigenvalue weighted by molar-refractivity contribution is -0.142. The molecule has 0 aliphatic carbocycles. The van der Waals surface area contributed by atoms with Gasteiger partial charge in [-0.05, 0) is 47.9 Å². The standard InChI is InChI=1S/C20H20FNO4/c1-3-14-5-4-6-16(11-14)22-19(23)13-26-20(24)10-8-15-7-9-18(25-2)17(21)12-15/h4-12H,3,13H2,1-2H3,(H,22,23)/b10-8+. The third kappa shape index (κ3) is 5.73. The van der Waals surface area contributed by atoms with Gasteiger partial charge in [-0.3, -0.25) is 4.79 Å². The summed E-state index contributed by atoms with van der Waals surface area (Å²) in [5, 5.41) is 2.66. The van der Waals surface area contributed by atoms with Crippen molar-refractivity contribution in [1.82, 2.24) is 0 Å². The highest BCUT2D eigenvalue weighted by Gasteiger charge is 2.07. The van der Waals surface area contributed by atoms with Gasteiger partial charge >= 0.3 is 5.97 Å². The maximum atomic E-state index is 13.6. The third-order valence-electron chi connectivity index (χ3n) is 3.55. The largest absolute Gasteiger partial charge is 0.494 e. The van der Waals surface area contributed by atoms with Crippen LogP contribution in [0.3, 0.4) is 0 Å².